The number of nitrogens with zero attached hydrogens (tertiary/aromatic N) is 2. The molecule has 7 nitrogen and oxygen atoms in total. The molecule has 4 N–H and O–H groups in total. The van der Waals surface area contributed by atoms with Gasteiger partial charge in [0.05, 0.1) is 23.5 Å². The molecule has 0 saturated heterocycles. The number of hydrogen-bond acceptors (Lipinski definition) is 6. The molecule has 0 spiro atoms. The van der Waals surface area contributed by atoms with Crippen LogP contribution in [0.2, 0.25) is 0 Å². The molecule has 1 aromatic rings. The molecule has 0 amide bonds. The van der Waals surface area contributed by atoms with Crippen molar-refractivity contribution >= 4 is 11.4 Å². The zero-order valence-electron chi connectivity index (χ0n) is 9.08. The number of aliphatic hydroxyl groups is 2. The standard InChI is InChI=1S/C10H10FN3O4/c11-6-3-5(10(16)8(15)1-2-12)4-7(9(6)13)14(17)18/h3-4,8,10,15-16H,1,13H2. The maximum Gasteiger partial charge on any atom is 0.295 e. The van der Waals surface area contributed by atoms with E-state index in [2.05, 4.69) is 0 Å². The first-order chi connectivity index (χ1) is 8.38. The van der Waals surface area contributed by atoms with Crippen LogP contribution in [0.25, 0.3) is 0 Å². The van der Waals surface area contributed by atoms with Gasteiger partial charge in [-0.05, 0) is 11.6 Å². The fraction of sp³-hybridized carbons (Fsp3) is 0.300. The van der Waals surface area contributed by atoms with E-state index in [1.165, 1.54) is 0 Å². The molecular weight excluding hydrogens is 245 g/mol. The monoisotopic (exact) mass is 255 g/mol. The molecule has 0 aliphatic heterocycles. The quantitative estimate of drug-likeness (QED) is 0.410. The van der Waals surface area contributed by atoms with Crippen LogP contribution in [0.5, 0.6) is 0 Å². The molecule has 0 aliphatic rings. The van der Waals surface area contributed by atoms with Crippen molar-refractivity contribution in [3.63, 3.8) is 0 Å². The summed E-state index contributed by atoms with van der Waals surface area (Å²) in [6.07, 6.45) is -3.45. The number of nitrogens with two attached hydrogens (primary N) is 1. The van der Waals surface area contributed by atoms with E-state index in [1.54, 1.807) is 6.07 Å². The topological polar surface area (TPSA) is 133 Å². The highest BCUT2D eigenvalue weighted by molar-refractivity contribution is 5.60. The fourth-order valence-corrected chi connectivity index (χ4v) is 1.37. The van der Waals surface area contributed by atoms with E-state index in [-0.39, 0.29) is 12.0 Å². The maximum atomic E-state index is 13.3. The molecule has 96 valence electrons. The molecular formula is C10H10FN3O4. The van der Waals surface area contributed by atoms with Crippen LogP contribution >= 0.6 is 0 Å². The molecule has 1 aromatic carbocycles. The van der Waals surface area contributed by atoms with Gasteiger partial charge in [0.25, 0.3) is 5.69 Å². The molecule has 0 heterocycles. The van der Waals surface area contributed by atoms with Gasteiger partial charge in [-0.15, -0.1) is 0 Å². The van der Waals surface area contributed by atoms with Gasteiger partial charge in [-0.25, -0.2) is 4.39 Å². The Morgan fingerprint density at radius 2 is 2.17 bits per heavy atom. The van der Waals surface area contributed by atoms with Gasteiger partial charge in [-0.2, -0.15) is 5.26 Å². The minimum atomic E-state index is -1.60. The van der Waals surface area contributed by atoms with Crippen LogP contribution in [0.15, 0.2) is 12.1 Å². The number of nitro groups is 1. The van der Waals surface area contributed by atoms with Crippen molar-refractivity contribution in [3.05, 3.63) is 33.6 Å². The number of nitrogen functional groups attached to an aromatic ring is 1. The number of benzene rings is 1. The second-order valence-electron chi connectivity index (χ2n) is 3.57. The maximum absolute atomic E-state index is 13.3. The zero-order valence-corrected chi connectivity index (χ0v) is 9.08. The van der Waals surface area contributed by atoms with E-state index in [1.807, 2.05) is 0 Å². The van der Waals surface area contributed by atoms with E-state index in [0.29, 0.717) is 0 Å². The Hall–Kier alpha value is -2.24. The van der Waals surface area contributed by atoms with Crippen molar-refractivity contribution in [1.29, 1.82) is 5.26 Å². The third-order valence-electron chi connectivity index (χ3n) is 2.33. The van der Waals surface area contributed by atoms with Crippen LogP contribution < -0.4 is 5.73 Å². The Balaban J connectivity index is 3.19. The number of halogens is 1. The van der Waals surface area contributed by atoms with Crippen molar-refractivity contribution in [3.8, 4) is 6.07 Å². The highest BCUT2D eigenvalue weighted by Crippen LogP contribution is 2.30. The Labute approximate surface area is 101 Å². The Morgan fingerprint density at radius 1 is 1.56 bits per heavy atom. The lowest BCUT2D eigenvalue weighted by molar-refractivity contribution is -0.384. The number of nitriles is 1. The molecule has 1 rings (SSSR count). The number of rotatable bonds is 4. The summed E-state index contributed by atoms with van der Waals surface area (Å²) >= 11 is 0. The second kappa shape index (κ2) is 5.39. The summed E-state index contributed by atoms with van der Waals surface area (Å²) in [7, 11) is 0. The van der Waals surface area contributed by atoms with E-state index in [9.17, 15) is 24.7 Å². The van der Waals surface area contributed by atoms with E-state index in [4.69, 9.17) is 11.0 Å². The smallest absolute Gasteiger partial charge is 0.295 e. The number of aliphatic hydroxyl groups excluding tert-OH is 2. The van der Waals surface area contributed by atoms with Crippen LogP contribution in [-0.2, 0) is 0 Å². The summed E-state index contributed by atoms with van der Waals surface area (Å²) in [4.78, 5) is 9.71. The molecule has 0 bridgehead atoms. The third kappa shape index (κ3) is 2.71. The van der Waals surface area contributed by atoms with Gasteiger partial charge in [0, 0.05) is 6.07 Å². The minimum Gasteiger partial charge on any atom is -0.391 e. The average Bonchev–Trinajstić information content (AvgIpc) is 2.31. The second-order valence-corrected chi connectivity index (χ2v) is 3.57. The van der Waals surface area contributed by atoms with Gasteiger partial charge < -0.3 is 15.9 Å². The van der Waals surface area contributed by atoms with E-state index < -0.39 is 34.3 Å². The highest BCUT2D eigenvalue weighted by Gasteiger charge is 2.24. The van der Waals surface area contributed by atoms with Crippen LogP contribution in [0.1, 0.15) is 18.1 Å². The Kier molecular flexibility index (Phi) is 4.14. The summed E-state index contributed by atoms with van der Waals surface area (Å²) in [5, 5.41) is 37.9. The van der Waals surface area contributed by atoms with Gasteiger partial charge in [0.15, 0.2) is 5.82 Å². The molecule has 18 heavy (non-hydrogen) atoms. The molecule has 2 atom stereocenters. The van der Waals surface area contributed by atoms with Crippen molar-refractivity contribution in [1.82, 2.24) is 0 Å². The fourth-order valence-electron chi connectivity index (χ4n) is 1.37. The minimum absolute atomic E-state index is 0.212. The van der Waals surface area contributed by atoms with Crippen molar-refractivity contribution < 1.29 is 19.5 Å². The van der Waals surface area contributed by atoms with Gasteiger partial charge >= 0.3 is 0 Å². The lowest BCUT2D eigenvalue weighted by atomic mass is 10.0. The largest absolute Gasteiger partial charge is 0.391 e. The van der Waals surface area contributed by atoms with Gasteiger partial charge in [-0.1, -0.05) is 0 Å². The molecule has 2 unspecified atom stereocenters. The molecule has 8 heteroatoms. The van der Waals surface area contributed by atoms with Crippen molar-refractivity contribution in [2.45, 2.75) is 18.6 Å². The Morgan fingerprint density at radius 3 is 2.67 bits per heavy atom. The SMILES string of the molecule is N#CCC(O)C(O)c1cc(F)c(N)c([N+](=O)[O-])c1. The predicted octanol–water partition coefficient (Wildman–Crippen LogP) is 0.624. The number of nitro benzene ring substituents is 1. The number of hydrogen-bond donors (Lipinski definition) is 3. The molecule has 0 saturated carbocycles. The molecule has 0 radical (unpaired) electrons. The van der Waals surface area contributed by atoms with E-state index >= 15 is 0 Å². The summed E-state index contributed by atoms with van der Waals surface area (Å²) in [5.74, 6) is -1.07. The first-order valence-corrected chi connectivity index (χ1v) is 4.84. The lowest BCUT2D eigenvalue weighted by Gasteiger charge is -2.15. The van der Waals surface area contributed by atoms with Crippen LogP contribution in [-0.4, -0.2) is 21.2 Å². The van der Waals surface area contributed by atoms with Crippen LogP contribution in [0.4, 0.5) is 15.8 Å². The van der Waals surface area contributed by atoms with Crippen molar-refractivity contribution in [2.75, 3.05) is 5.73 Å². The lowest BCUT2D eigenvalue weighted by Crippen LogP contribution is -2.18. The summed E-state index contributed by atoms with van der Waals surface area (Å²) in [6.45, 7) is 0. The Bertz CT molecular complexity index is 515. The predicted molar refractivity (Wildman–Crippen MR) is 58.7 cm³/mol. The number of anilines is 1. The summed E-state index contributed by atoms with van der Waals surface area (Å²) in [6, 6.07) is 3.27. The normalized spacial score (nSPS) is 13.7. The first kappa shape index (κ1) is 13.8. The summed E-state index contributed by atoms with van der Waals surface area (Å²) < 4.78 is 13.3. The highest BCUT2D eigenvalue weighted by atomic mass is 19.1. The van der Waals surface area contributed by atoms with Crippen LogP contribution in [0, 0.1) is 27.3 Å². The first-order valence-electron chi connectivity index (χ1n) is 4.84. The van der Waals surface area contributed by atoms with Gasteiger partial charge in [-0.3, -0.25) is 10.1 Å². The molecule has 0 fully saturated rings. The van der Waals surface area contributed by atoms with Crippen LogP contribution in [0.3, 0.4) is 0 Å². The average molecular weight is 255 g/mol. The van der Waals surface area contributed by atoms with Gasteiger partial charge in [0.1, 0.15) is 11.8 Å². The molecule has 0 aliphatic carbocycles. The zero-order chi connectivity index (χ0) is 13.9. The van der Waals surface area contributed by atoms with E-state index in [0.717, 1.165) is 12.1 Å². The third-order valence-corrected chi connectivity index (χ3v) is 2.33. The summed E-state index contributed by atoms with van der Waals surface area (Å²) in [5.41, 5.74) is 3.61. The van der Waals surface area contributed by atoms with Crippen molar-refractivity contribution in [2.24, 2.45) is 0 Å². The van der Waals surface area contributed by atoms with Gasteiger partial charge in [0.2, 0.25) is 0 Å². The molecule has 0 aromatic heterocycles.